The van der Waals surface area contributed by atoms with Gasteiger partial charge in [0.15, 0.2) is 0 Å². The monoisotopic (exact) mass is 481 g/mol. The molecule has 36 heavy (non-hydrogen) atoms. The summed E-state index contributed by atoms with van der Waals surface area (Å²) in [4.78, 5) is 38.1. The van der Waals surface area contributed by atoms with E-state index in [0.29, 0.717) is 12.2 Å². The SMILES string of the molecule is Cc1cccc(NC(=O)NC2N=C(C3CCCC3)c3ccccc3N(Cc3ncccc3C)C2=O)c1. The number of aliphatic imine (C=N–C) groups is 1. The number of hydrogen-bond donors (Lipinski definition) is 2. The van der Waals surface area contributed by atoms with Crippen molar-refractivity contribution in [2.45, 2.75) is 52.2 Å². The second kappa shape index (κ2) is 10.3. The fraction of sp³-hybridized carbons (Fsp3) is 0.310. The normalized spacial score (nSPS) is 17.8. The van der Waals surface area contributed by atoms with Crippen LogP contribution in [0.15, 0.2) is 71.9 Å². The zero-order valence-corrected chi connectivity index (χ0v) is 20.7. The molecule has 1 aromatic heterocycles. The lowest BCUT2D eigenvalue weighted by Gasteiger charge is -2.26. The Morgan fingerprint density at radius 3 is 2.61 bits per heavy atom. The molecule has 0 saturated heterocycles. The number of rotatable bonds is 5. The van der Waals surface area contributed by atoms with Gasteiger partial charge in [0.1, 0.15) is 0 Å². The number of pyridine rings is 1. The number of benzene rings is 2. The molecular weight excluding hydrogens is 450 g/mol. The number of amides is 3. The van der Waals surface area contributed by atoms with Crippen molar-refractivity contribution in [3.8, 4) is 0 Å². The molecule has 0 bridgehead atoms. The number of nitrogens with one attached hydrogen (secondary N) is 2. The quantitative estimate of drug-likeness (QED) is 0.513. The van der Waals surface area contributed by atoms with Crippen LogP contribution in [0.2, 0.25) is 0 Å². The fourth-order valence-electron chi connectivity index (χ4n) is 5.09. The van der Waals surface area contributed by atoms with Crippen LogP contribution in [-0.2, 0) is 11.3 Å². The third-order valence-corrected chi connectivity index (χ3v) is 6.95. The summed E-state index contributed by atoms with van der Waals surface area (Å²) in [5, 5.41) is 5.69. The summed E-state index contributed by atoms with van der Waals surface area (Å²) in [5.74, 6) is -0.0143. The molecule has 1 aliphatic carbocycles. The molecule has 1 aliphatic heterocycles. The van der Waals surface area contributed by atoms with Crippen molar-refractivity contribution in [2.24, 2.45) is 10.9 Å². The van der Waals surface area contributed by atoms with Crippen LogP contribution in [0.25, 0.3) is 0 Å². The number of carbonyl (C=O) groups excluding carboxylic acids is 2. The first-order valence-electron chi connectivity index (χ1n) is 12.5. The van der Waals surface area contributed by atoms with Crippen molar-refractivity contribution in [2.75, 3.05) is 10.2 Å². The van der Waals surface area contributed by atoms with Gasteiger partial charge in [0.25, 0.3) is 5.91 Å². The Bertz CT molecular complexity index is 1310. The molecule has 2 heterocycles. The van der Waals surface area contributed by atoms with E-state index in [2.05, 4.69) is 15.6 Å². The van der Waals surface area contributed by atoms with Gasteiger partial charge in [0.05, 0.1) is 23.6 Å². The smallest absolute Gasteiger partial charge is 0.308 e. The lowest BCUT2D eigenvalue weighted by molar-refractivity contribution is -0.120. The molecule has 1 saturated carbocycles. The first-order valence-corrected chi connectivity index (χ1v) is 12.5. The van der Waals surface area contributed by atoms with Gasteiger partial charge in [-0.15, -0.1) is 0 Å². The van der Waals surface area contributed by atoms with E-state index >= 15 is 0 Å². The van der Waals surface area contributed by atoms with Gasteiger partial charge in [-0.3, -0.25) is 14.8 Å². The molecule has 1 unspecified atom stereocenters. The fourth-order valence-corrected chi connectivity index (χ4v) is 5.09. The van der Waals surface area contributed by atoms with Gasteiger partial charge in [-0.05, 0) is 62.1 Å². The Hall–Kier alpha value is -4.00. The van der Waals surface area contributed by atoms with E-state index in [9.17, 15) is 9.59 Å². The number of carbonyl (C=O) groups is 2. The number of aromatic nitrogens is 1. The van der Waals surface area contributed by atoms with Crippen LogP contribution in [0.3, 0.4) is 0 Å². The molecule has 2 aromatic carbocycles. The average molecular weight is 482 g/mol. The van der Waals surface area contributed by atoms with Crippen molar-refractivity contribution < 1.29 is 9.59 Å². The molecule has 5 rings (SSSR count). The van der Waals surface area contributed by atoms with Crippen LogP contribution < -0.4 is 15.5 Å². The maximum Gasteiger partial charge on any atom is 0.321 e. The first kappa shape index (κ1) is 23.7. The third-order valence-electron chi connectivity index (χ3n) is 6.95. The lowest BCUT2D eigenvalue weighted by atomic mass is 9.93. The summed E-state index contributed by atoms with van der Waals surface area (Å²) in [5.41, 5.74) is 6.18. The number of aryl methyl sites for hydroxylation is 2. The minimum Gasteiger partial charge on any atom is -0.308 e. The van der Waals surface area contributed by atoms with Crippen molar-refractivity contribution in [1.82, 2.24) is 10.3 Å². The van der Waals surface area contributed by atoms with Crippen LogP contribution in [0.4, 0.5) is 16.2 Å². The minimum absolute atomic E-state index is 0.264. The maximum atomic E-state index is 14.0. The average Bonchev–Trinajstić information content (AvgIpc) is 3.37. The zero-order chi connectivity index (χ0) is 25.1. The second-order valence-corrected chi connectivity index (χ2v) is 9.57. The molecule has 3 amide bonds. The van der Waals surface area contributed by atoms with Gasteiger partial charge in [0, 0.05) is 23.4 Å². The van der Waals surface area contributed by atoms with Crippen LogP contribution in [-0.4, -0.2) is 28.8 Å². The first-order chi connectivity index (χ1) is 17.5. The molecule has 2 aliphatic rings. The highest BCUT2D eigenvalue weighted by Gasteiger charge is 2.35. The summed E-state index contributed by atoms with van der Waals surface area (Å²) >= 11 is 0. The van der Waals surface area contributed by atoms with E-state index in [1.165, 1.54) is 0 Å². The number of nitrogens with zero attached hydrogens (tertiary/aromatic N) is 3. The molecule has 1 atom stereocenters. The number of fused-ring (bicyclic) bond motifs is 1. The Morgan fingerprint density at radius 1 is 1.03 bits per heavy atom. The number of para-hydroxylation sites is 1. The minimum atomic E-state index is -1.04. The molecule has 7 nitrogen and oxygen atoms in total. The van der Waals surface area contributed by atoms with E-state index in [-0.39, 0.29) is 11.8 Å². The Balaban J connectivity index is 1.51. The van der Waals surface area contributed by atoms with Crippen molar-refractivity contribution >= 4 is 29.0 Å². The van der Waals surface area contributed by atoms with E-state index in [1.807, 2.05) is 74.5 Å². The molecule has 1 fully saturated rings. The van der Waals surface area contributed by atoms with E-state index in [0.717, 1.165) is 59.5 Å². The molecule has 2 N–H and O–H groups in total. The predicted molar refractivity (Wildman–Crippen MR) is 142 cm³/mol. The Labute approximate surface area is 211 Å². The second-order valence-electron chi connectivity index (χ2n) is 9.57. The van der Waals surface area contributed by atoms with Crippen LogP contribution in [0, 0.1) is 19.8 Å². The standard InChI is InChI=1S/C29H31N5O2/c1-19-9-7-13-22(17-19)31-29(36)33-27-28(35)34(18-24-20(2)10-8-16-30-24)25-15-6-5-14-23(25)26(32-27)21-11-3-4-12-21/h5-10,13-17,21,27H,3-4,11-12,18H2,1-2H3,(H2,31,33,36). The van der Waals surface area contributed by atoms with E-state index in [1.54, 1.807) is 11.1 Å². The lowest BCUT2D eigenvalue weighted by Crippen LogP contribution is -2.48. The number of benzodiazepines with no additional fused rings is 1. The third kappa shape index (κ3) is 5.00. The van der Waals surface area contributed by atoms with Gasteiger partial charge < -0.3 is 15.5 Å². The molecular formula is C29H31N5O2. The van der Waals surface area contributed by atoms with Crippen molar-refractivity contribution in [1.29, 1.82) is 0 Å². The van der Waals surface area contributed by atoms with Crippen LogP contribution >= 0.6 is 0 Å². The molecule has 3 aromatic rings. The summed E-state index contributed by atoms with van der Waals surface area (Å²) in [6, 6.07) is 18.9. The van der Waals surface area contributed by atoms with Gasteiger partial charge in [0.2, 0.25) is 6.17 Å². The summed E-state index contributed by atoms with van der Waals surface area (Å²) in [7, 11) is 0. The van der Waals surface area contributed by atoms with Crippen LogP contribution in [0.1, 0.15) is 48.1 Å². The van der Waals surface area contributed by atoms with Gasteiger partial charge in [-0.2, -0.15) is 0 Å². The van der Waals surface area contributed by atoms with Crippen molar-refractivity contribution in [3.63, 3.8) is 0 Å². The van der Waals surface area contributed by atoms with Crippen LogP contribution in [0.5, 0.6) is 0 Å². The van der Waals surface area contributed by atoms with Gasteiger partial charge in [-0.25, -0.2) is 4.79 Å². The highest BCUT2D eigenvalue weighted by molar-refractivity contribution is 6.14. The number of anilines is 2. The van der Waals surface area contributed by atoms with Gasteiger partial charge >= 0.3 is 6.03 Å². The summed E-state index contributed by atoms with van der Waals surface area (Å²) in [6.07, 6.45) is 5.04. The van der Waals surface area contributed by atoms with Crippen molar-refractivity contribution in [3.05, 3.63) is 89.2 Å². The highest BCUT2D eigenvalue weighted by Crippen LogP contribution is 2.35. The number of hydrogen-bond acceptors (Lipinski definition) is 4. The summed E-state index contributed by atoms with van der Waals surface area (Å²) < 4.78 is 0. The largest absolute Gasteiger partial charge is 0.321 e. The van der Waals surface area contributed by atoms with Gasteiger partial charge in [-0.1, -0.05) is 49.2 Å². The number of urea groups is 1. The molecule has 0 spiro atoms. The van der Waals surface area contributed by atoms with E-state index < -0.39 is 12.2 Å². The highest BCUT2D eigenvalue weighted by atomic mass is 16.2. The van der Waals surface area contributed by atoms with E-state index in [4.69, 9.17) is 4.99 Å². The molecule has 0 radical (unpaired) electrons. The topological polar surface area (TPSA) is 86.7 Å². The molecule has 184 valence electrons. The molecule has 7 heteroatoms. The summed E-state index contributed by atoms with van der Waals surface area (Å²) in [6.45, 7) is 4.25. The Morgan fingerprint density at radius 2 is 1.83 bits per heavy atom. The maximum absolute atomic E-state index is 14.0. The predicted octanol–water partition coefficient (Wildman–Crippen LogP) is 5.37. The zero-order valence-electron chi connectivity index (χ0n) is 20.7. The Kier molecular flexibility index (Phi) is 6.80.